The molecule has 2 heterocycles. The van der Waals surface area contributed by atoms with E-state index in [4.69, 9.17) is 9.47 Å². The topological polar surface area (TPSA) is 93.7 Å². The molecule has 2 spiro atoms. The number of aryl methyl sites for hydroxylation is 2. The van der Waals surface area contributed by atoms with Gasteiger partial charge < -0.3 is 20.1 Å². The smallest absolute Gasteiger partial charge is 0.340 e. The van der Waals surface area contributed by atoms with E-state index >= 15 is 0 Å². The van der Waals surface area contributed by atoms with Crippen LogP contribution in [0, 0.1) is 13.8 Å². The van der Waals surface area contributed by atoms with E-state index in [9.17, 15) is 14.4 Å². The molecule has 0 radical (unpaired) electrons. The number of benzene rings is 4. The Morgan fingerprint density at radius 1 is 0.923 bits per heavy atom. The summed E-state index contributed by atoms with van der Waals surface area (Å²) in [6, 6.07) is 23.9. The summed E-state index contributed by atoms with van der Waals surface area (Å²) in [4.78, 5) is 42.8. The monoisotopic (exact) mass is 516 g/mol. The summed E-state index contributed by atoms with van der Waals surface area (Å²) < 4.78 is 12.0. The number of hydrogen-bond donors (Lipinski definition) is 2. The number of hydrogen-bond acceptors (Lipinski definition) is 6. The van der Waals surface area contributed by atoms with Crippen LogP contribution in [0.15, 0.2) is 90.3 Å². The first-order valence-corrected chi connectivity index (χ1v) is 12.7. The first-order valence-electron chi connectivity index (χ1n) is 12.7. The van der Waals surface area contributed by atoms with Crippen LogP contribution < -0.4 is 10.6 Å². The predicted molar refractivity (Wildman–Crippen MR) is 146 cm³/mol. The minimum absolute atomic E-state index is 0.0128. The summed E-state index contributed by atoms with van der Waals surface area (Å²) in [5.41, 5.74) is 0.842. The van der Waals surface area contributed by atoms with Gasteiger partial charge in [-0.05, 0) is 36.9 Å². The second-order valence-corrected chi connectivity index (χ2v) is 10.2. The highest BCUT2D eigenvalue weighted by molar-refractivity contribution is 6.27. The highest BCUT2D eigenvalue weighted by Crippen LogP contribution is 2.65. The van der Waals surface area contributed by atoms with Crippen molar-refractivity contribution in [1.29, 1.82) is 0 Å². The minimum Gasteiger partial charge on any atom is -0.465 e. The van der Waals surface area contributed by atoms with Gasteiger partial charge >= 0.3 is 5.97 Å². The minimum atomic E-state index is -1.88. The molecule has 192 valence electrons. The highest BCUT2D eigenvalue weighted by Gasteiger charge is 2.77. The molecule has 7 nitrogen and oxygen atoms in total. The number of methoxy groups -OCH3 is 1. The third-order valence-electron chi connectivity index (χ3n) is 8.17. The van der Waals surface area contributed by atoms with E-state index < -0.39 is 22.9 Å². The van der Waals surface area contributed by atoms with Crippen LogP contribution in [-0.2, 0) is 30.1 Å². The molecule has 0 aromatic heterocycles. The maximum atomic E-state index is 14.7. The Labute approximate surface area is 224 Å². The third-order valence-corrected chi connectivity index (χ3v) is 8.17. The molecule has 2 atom stereocenters. The number of para-hydroxylation sites is 1. The van der Waals surface area contributed by atoms with Crippen molar-refractivity contribution < 1.29 is 23.9 Å². The van der Waals surface area contributed by atoms with Gasteiger partial charge in [0.2, 0.25) is 23.2 Å². The molecule has 2 N–H and O–H groups in total. The van der Waals surface area contributed by atoms with E-state index in [2.05, 4.69) is 10.6 Å². The molecular formula is C32H24N2O5. The van der Waals surface area contributed by atoms with E-state index in [1.807, 2.05) is 62.4 Å². The van der Waals surface area contributed by atoms with E-state index in [0.717, 1.165) is 16.5 Å². The normalized spacial score (nSPS) is 22.4. The Balaban J connectivity index is 1.60. The first-order chi connectivity index (χ1) is 18.8. The summed E-state index contributed by atoms with van der Waals surface area (Å²) in [5.74, 6) is -1.67. The standard InChI is InChI=1S/C32H24N2O5/c1-17-14-15-23(18(2)16-17)33-28-26(29(36)38-3)31(21-11-4-5-13-24(21)34-30(31)37)32(39-28)22-12-7-9-19-8-6-10-20(25(19)22)27(32)35/h4-16,33H,1-3H3,(H,34,37). The second-order valence-electron chi connectivity index (χ2n) is 10.2. The van der Waals surface area contributed by atoms with E-state index in [0.29, 0.717) is 33.5 Å². The number of carbonyl (C=O) groups is 3. The molecule has 2 aliphatic heterocycles. The molecule has 0 saturated carbocycles. The van der Waals surface area contributed by atoms with Gasteiger partial charge in [-0.3, -0.25) is 9.59 Å². The van der Waals surface area contributed by atoms with Gasteiger partial charge in [0.25, 0.3) is 0 Å². The highest BCUT2D eigenvalue weighted by atomic mass is 16.5. The number of Topliss-reactive ketones (excluding diaryl/α,β-unsaturated/α-hetero) is 1. The number of esters is 1. The number of ether oxygens (including phenoxy) is 2. The van der Waals surface area contributed by atoms with Gasteiger partial charge in [0.1, 0.15) is 5.57 Å². The SMILES string of the molecule is COC(=O)C1=C(Nc2ccc(C)cc2C)OC2(C(=O)c3cccc4cccc2c34)C12C(=O)Nc1ccccc12. The molecular weight excluding hydrogens is 492 g/mol. The van der Waals surface area contributed by atoms with Crippen LogP contribution in [0.3, 0.4) is 0 Å². The molecule has 39 heavy (non-hydrogen) atoms. The fraction of sp³-hybridized carbons (Fsp3) is 0.156. The number of anilines is 2. The van der Waals surface area contributed by atoms with Gasteiger partial charge in [-0.2, -0.15) is 0 Å². The van der Waals surface area contributed by atoms with Crippen LogP contribution in [-0.4, -0.2) is 24.8 Å². The summed E-state index contributed by atoms with van der Waals surface area (Å²) in [6.45, 7) is 3.92. The average molecular weight is 517 g/mol. The van der Waals surface area contributed by atoms with Crippen molar-refractivity contribution in [2.75, 3.05) is 17.7 Å². The number of amides is 1. The van der Waals surface area contributed by atoms with Crippen molar-refractivity contribution in [1.82, 2.24) is 0 Å². The summed E-state index contributed by atoms with van der Waals surface area (Å²) in [6.07, 6.45) is 0. The van der Waals surface area contributed by atoms with Crippen molar-refractivity contribution in [2.24, 2.45) is 0 Å². The molecule has 7 rings (SSSR count). The van der Waals surface area contributed by atoms with E-state index in [1.54, 1.807) is 30.3 Å². The van der Waals surface area contributed by atoms with Crippen LogP contribution in [0.2, 0.25) is 0 Å². The van der Waals surface area contributed by atoms with Crippen LogP contribution in [0.4, 0.5) is 11.4 Å². The van der Waals surface area contributed by atoms with Gasteiger partial charge in [-0.25, -0.2) is 4.79 Å². The van der Waals surface area contributed by atoms with Gasteiger partial charge in [-0.1, -0.05) is 72.3 Å². The van der Waals surface area contributed by atoms with Crippen LogP contribution >= 0.6 is 0 Å². The van der Waals surface area contributed by atoms with Crippen molar-refractivity contribution in [3.8, 4) is 0 Å². The Kier molecular flexibility index (Phi) is 4.65. The zero-order valence-corrected chi connectivity index (χ0v) is 21.5. The van der Waals surface area contributed by atoms with Gasteiger partial charge in [0.15, 0.2) is 5.41 Å². The molecule has 1 aliphatic carbocycles. The van der Waals surface area contributed by atoms with Crippen molar-refractivity contribution >= 4 is 39.8 Å². The lowest BCUT2D eigenvalue weighted by Gasteiger charge is -2.38. The molecule has 0 saturated heterocycles. The van der Waals surface area contributed by atoms with Crippen molar-refractivity contribution in [2.45, 2.75) is 24.9 Å². The average Bonchev–Trinajstić information content (AvgIpc) is 3.50. The largest absolute Gasteiger partial charge is 0.465 e. The van der Waals surface area contributed by atoms with Gasteiger partial charge in [0, 0.05) is 33.5 Å². The molecule has 7 heteroatoms. The molecule has 0 fully saturated rings. The Bertz CT molecular complexity index is 1820. The first kappa shape index (κ1) is 23.2. The lowest BCUT2D eigenvalue weighted by atomic mass is 9.61. The summed E-state index contributed by atoms with van der Waals surface area (Å²) >= 11 is 0. The molecule has 4 aromatic carbocycles. The Morgan fingerprint density at radius 2 is 1.67 bits per heavy atom. The fourth-order valence-corrected chi connectivity index (χ4v) is 6.60. The lowest BCUT2D eigenvalue weighted by Crippen LogP contribution is -2.56. The van der Waals surface area contributed by atoms with Gasteiger partial charge in [0.05, 0.1) is 7.11 Å². The van der Waals surface area contributed by atoms with Crippen molar-refractivity contribution in [3.63, 3.8) is 0 Å². The van der Waals surface area contributed by atoms with Crippen LogP contribution in [0.1, 0.15) is 32.6 Å². The summed E-state index contributed by atoms with van der Waals surface area (Å²) in [5, 5.41) is 7.74. The second kappa shape index (κ2) is 7.80. The molecule has 1 amide bonds. The van der Waals surface area contributed by atoms with Crippen molar-refractivity contribution in [3.05, 3.63) is 118 Å². The number of rotatable bonds is 3. The lowest BCUT2D eigenvalue weighted by molar-refractivity contribution is -0.139. The zero-order chi connectivity index (χ0) is 27.1. The molecule has 0 bridgehead atoms. The predicted octanol–water partition coefficient (Wildman–Crippen LogP) is 5.27. The third kappa shape index (κ3) is 2.69. The Morgan fingerprint density at radius 3 is 2.44 bits per heavy atom. The molecule has 3 aliphatic rings. The van der Waals surface area contributed by atoms with Crippen LogP contribution in [0.25, 0.3) is 10.8 Å². The van der Waals surface area contributed by atoms with E-state index in [1.165, 1.54) is 7.11 Å². The fourth-order valence-electron chi connectivity index (χ4n) is 6.60. The molecule has 4 aromatic rings. The van der Waals surface area contributed by atoms with Gasteiger partial charge in [-0.15, -0.1) is 0 Å². The van der Waals surface area contributed by atoms with Crippen LogP contribution in [0.5, 0.6) is 0 Å². The number of carbonyl (C=O) groups excluding carboxylic acids is 3. The zero-order valence-electron chi connectivity index (χ0n) is 21.5. The molecule has 2 unspecified atom stereocenters. The van der Waals surface area contributed by atoms with E-state index in [-0.39, 0.29) is 17.2 Å². The number of ketones is 1. The maximum Gasteiger partial charge on any atom is 0.340 e. The number of fused-ring (bicyclic) bond motifs is 4. The number of nitrogens with one attached hydrogen (secondary N) is 2. The quantitative estimate of drug-likeness (QED) is 0.361. The Hall–Kier alpha value is -4.91. The summed E-state index contributed by atoms with van der Waals surface area (Å²) in [7, 11) is 1.26. The maximum absolute atomic E-state index is 14.7.